The molecule has 6 heteroatoms. The van der Waals surface area contributed by atoms with Crippen LogP contribution in [0.4, 0.5) is 0 Å². The molecule has 0 aliphatic carbocycles. The molecular weight excluding hydrogens is 583 g/mol. The van der Waals surface area contributed by atoms with Gasteiger partial charge in [-0.2, -0.15) is 8.75 Å². The third-order valence-electron chi connectivity index (χ3n) is 8.51. The zero-order chi connectivity index (χ0) is 30.5. The van der Waals surface area contributed by atoms with Crippen molar-refractivity contribution in [3.05, 3.63) is 152 Å². The molecule has 0 N–H and O–H groups in total. The van der Waals surface area contributed by atoms with Crippen LogP contribution in [-0.4, -0.2) is 23.3 Å². The fourth-order valence-corrected chi connectivity index (χ4v) is 6.85. The lowest BCUT2D eigenvalue weighted by molar-refractivity contribution is 1.18. The van der Waals surface area contributed by atoms with E-state index in [2.05, 4.69) is 129 Å². The van der Waals surface area contributed by atoms with Crippen LogP contribution in [-0.2, 0) is 0 Å². The molecule has 9 aromatic rings. The van der Waals surface area contributed by atoms with Crippen molar-refractivity contribution in [2.75, 3.05) is 0 Å². The van der Waals surface area contributed by atoms with Gasteiger partial charge in [-0.1, -0.05) is 115 Å². The van der Waals surface area contributed by atoms with Gasteiger partial charge in [-0.05, 0) is 47.5 Å². The quantitative estimate of drug-likeness (QED) is 0.195. The van der Waals surface area contributed by atoms with Crippen molar-refractivity contribution in [1.82, 2.24) is 23.3 Å². The van der Waals surface area contributed by atoms with Crippen LogP contribution in [0, 0.1) is 0 Å². The topological polar surface area (TPSA) is 56.5 Å². The first kappa shape index (κ1) is 26.4. The van der Waals surface area contributed by atoms with Gasteiger partial charge in [0.1, 0.15) is 11.0 Å². The van der Waals surface area contributed by atoms with Gasteiger partial charge in [-0.25, -0.2) is 9.97 Å². The van der Waals surface area contributed by atoms with Gasteiger partial charge in [0.15, 0.2) is 5.82 Å². The lowest BCUT2D eigenvalue weighted by Crippen LogP contribution is -1.96. The molecule has 0 aliphatic heterocycles. The summed E-state index contributed by atoms with van der Waals surface area (Å²) < 4.78 is 11.5. The molecule has 6 aromatic carbocycles. The Hall–Kier alpha value is -5.98. The molecule has 9 rings (SSSR count). The molecule has 3 aromatic heterocycles. The molecule has 0 spiro atoms. The van der Waals surface area contributed by atoms with Gasteiger partial charge < -0.3 is 4.57 Å². The maximum absolute atomic E-state index is 5.00. The Balaban J connectivity index is 1.13. The molecule has 216 valence electrons. The second kappa shape index (κ2) is 10.9. The molecule has 0 atom stereocenters. The number of rotatable bonds is 5. The number of fused-ring (bicyclic) bond motifs is 5. The SMILES string of the molecule is c1ccc(-c2cc(-c3ccc(-c4cccc(-n5c6ccccc6c6c7nsnc7ccc65)c4)cc3)nc(-c3ccccc3)n2)cc1. The van der Waals surface area contributed by atoms with Gasteiger partial charge in [0, 0.05) is 33.2 Å². The largest absolute Gasteiger partial charge is 0.309 e. The fourth-order valence-electron chi connectivity index (χ4n) is 6.31. The van der Waals surface area contributed by atoms with Crippen molar-refractivity contribution in [3.8, 4) is 50.7 Å². The minimum atomic E-state index is 0.714. The average Bonchev–Trinajstić information content (AvgIpc) is 3.75. The van der Waals surface area contributed by atoms with Crippen molar-refractivity contribution in [1.29, 1.82) is 0 Å². The van der Waals surface area contributed by atoms with E-state index in [-0.39, 0.29) is 0 Å². The summed E-state index contributed by atoms with van der Waals surface area (Å²) in [5, 5.41) is 2.33. The van der Waals surface area contributed by atoms with Crippen molar-refractivity contribution in [2.24, 2.45) is 0 Å². The highest BCUT2D eigenvalue weighted by atomic mass is 32.1. The first-order valence-corrected chi connectivity index (χ1v) is 15.9. The van der Waals surface area contributed by atoms with Gasteiger partial charge in [0.25, 0.3) is 0 Å². The standard InChI is InChI=1S/C40H25N5S/c1-3-10-27(11-4-1)34-25-35(42-40(41-34)29-12-5-2-6-13-29)28-20-18-26(19-21-28)30-14-9-15-31(24-30)45-36-17-8-7-16-32(36)38-37(45)23-22-33-39(38)44-46-43-33/h1-25H. The second-order valence-electron chi connectivity index (χ2n) is 11.3. The summed E-state index contributed by atoms with van der Waals surface area (Å²) >= 11 is 1.26. The first-order valence-electron chi connectivity index (χ1n) is 15.2. The Labute approximate surface area is 269 Å². The minimum Gasteiger partial charge on any atom is -0.309 e. The fraction of sp³-hybridized carbons (Fsp3) is 0. The van der Waals surface area contributed by atoms with E-state index in [4.69, 9.17) is 9.97 Å². The van der Waals surface area contributed by atoms with E-state index in [1.807, 2.05) is 36.4 Å². The van der Waals surface area contributed by atoms with Crippen LogP contribution in [0.3, 0.4) is 0 Å². The summed E-state index contributed by atoms with van der Waals surface area (Å²) in [5.41, 5.74) is 12.4. The minimum absolute atomic E-state index is 0.714. The summed E-state index contributed by atoms with van der Waals surface area (Å²) in [7, 11) is 0. The van der Waals surface area contributed by atoms with E-state index >= 15 is 0 Å². The normalized spacial score (nSPS) is 11.5. The number of nitrogens with zero attached hydrogens (tertiary/aromatic N) is 5. The van der Waals surface area contributed by atoms with Crippen molar-refractivity contribution < 1.29 is 0 Å². The zero-order valence-corrected chi connectivity index (χ0v) is 25.4. The number of benzene rings is 6. The van der Waals surface area contributed by atoms with E-state index in [0.29, 0.717) is 5.82 Å². The van der Waals surface area contributed by atoms with Crippen molar-refractivity contribution >= 4 is 44.6 Å². The van der Waals surface area contributed by atoms with Crippen LogP contribution in [0.2, 0.25) is 0 Å². The lowest BCUT2D eigenvalue weighted by atomic mass is 10.0. The summed E-state index contributed by atoms with van der Waals surface area (Å²) in [6.45, 7) is 0. The van der Waals surface area contributed by atoms with Gasteiger partial charge in [0.2, 0.25) is 0 Å². The summed E-state index contributed by atoms with van der Waals surface area (Å²) in [6, 6.07) is 52.7. The Bertz CT molecular complexity index is 2460. The summed E-state index contributed by atoms with van der Waals surface area (Å²) in [4.78, 5) is 9.94. The third kappa shape index (κ3) is 4.47. The van der Waals surface area contributed by atoms with E-state index < -0.39 is 0 Å². The van der Waals surface area contributed by atoms with E-state index in [1.54, 1.807) is 0 Å². The number of aromatic nitrogens is 5. The van der Waals surface area contributed by atoms with Gasteiger partial charge in [0.05, 0.1) is 34.1 Å². The predicted octanol–water partition coefficient (Wildman–Crippen LogP) is 10.2. The molecule has 0 saturated heterocycles. The molecule has 0 amide bonds. The molecule has 0 bridgehead atoms. The molecular formula is C40H25N5S. The molecule has 0 radical (unpaired) electrons. The number of para-hydroxylation sites is 1. The second-order valence-corrected chi connectivity index (χ2v) is 11.8. The van der Waals surface area contributed by atoms with Crippen LogP contribution in [0.25, 0.3) is 83.6 Å². The monoisotopic (exact) mass is 607 g/mol. The number of hydrogen-bond donors (Lipinski definition) is 0. The van der Waals surface area contributed by atoms with Gasteiger partial charge in [-0.15, -0.1) is 0 Å². The Morgan fingerprint density at radius 1 is 0.457 bits per heavy atom. The Morgan fingerprint density at radius 2 is 1.11 bits per heavy atom. The molecule has 5 nitrogen and oxygen atoms in total. The van der Waals surface area contributed by atoms with E-state index in [0.717, 1.165) is 72.3 Å². The van der Waals surface area contributed by atoms with Crippen LogP contribution in [0.1, 0.15) is 0 Å². The predicted molar refractivity (Wildman–Crippen MR) is 189 cm³/mol. The van der Waals surface area contributed by atoms with Crippen LogP contribution in [0.15, 0.2) is 152 Å². The highest BCUT2D eigenvalue weighted by molar-refractivity contribution is 7.00. The molecule has 0 saturated carbocycles. The van der Waals surface area contributed by atoms with E-state index in [9.17, 15) is 0 Å². The van der Waals surface area contributed by atoms with Gasteiger partial charge >= 0.3 is 0 Å². The Kier molecular flexibility index (Phi) is 6.25. The summed E-state index contributed by atoms with van der Waals surface area (Å²) in [5.74, 6) is 0.714. The summed E-state index contributed by atoms with van der Waals surface area (Å²) in [6.07, 6.45) is 0. The Morgan fingerprint density at radius 3 is 1.89 bits per heavy atom. The average molecular weight is 608 g/mol. The highest BCUT2D eigenvalue weighted by Gasteiger charge is 2.17. The molecule has 3 heterocycles. The van der Waals surface area contributed by atoms with Crippen LogP contribution >= 0.6 is 11.7 Å². The lowest BCUT2D eigenvalue weighted by Gasteiger charge is -2.12. The van der Waals surface area contributed by atoms with Crippen molar-refractivity contribution in [3.63, 3.8) is 0 Å². The zero-order valence-electron chi connectivity index (χ0n) is 24.6. The number of hydrogen-bond acceptors (Lipinski definition) is 5. The maximum atomic E-state index is 5.00. The van der Waals surface area contributed by atoms with Crippen LogP contribution < -0.4 is 0 Å². The smallest absolute Gasteiger partial charge is 0.160 e. The molecule has 0 unspecified atom stereocenters. The van der Waals surface area contributed by atoms with Gasteiger partial charge in [-0.3, -0.25) is 0 Å². The van der Waals surface area contributed by atoms with E-state index in [1.165, 1.54) is 17.1 Å². The third-order valence-corrected chi connectivity index (χ3v) is 9.05. The van der Waals surface area contributed by atoms with Crippen molar-refractivity contribution in [2.45, 2.75) is 0 Å². The maximum Gasteiger partial charge on any atom is 0.160 e. The highest BCUT2D eigenvalue weighted by Crippen LogP contribution is 2.37. The molecule has 46 heavy (non-hydrogen) atoms. The molecule has 0 aliphatic rings. The first-order chi connectivity index (χ1) is 22.8. The van der Waals surface area contributed by atoms with Crippen LogP contribution in [0.5, 0.6) is 0 Å². The molecule has 0 fully saturated rings.